The maximum atomic E-state index is 11.6. The number of amides is 1. The third-order valence-corrected chi connectivity index (χ3v) is 3.08. The van der Waals surface area contributed by atoms with Crippen molar-refractivity contribution >= 4 is 23.5 Å². The summed E-state index contributed by atoms with van der Waals surface area (Å²) in [5.41, 5.74) is 0.940. The summed E-state index contributed by atoms with van der Waals surface area (Å²) in [4.78, 5) is 22.2. The summed E-state index contributed by atoms with van der Waals surface area (Å²) in [5, 5.41) is 12.1. The molecule has 1 fully saturated rings. The Bertz CT molecular complexity index is 444. The number of hydrogen-bond acceptors (Lipinski definition) is 2. The van der Waals surface area contributed by atoms with Crippen LogP contribution in [0.25, 0.3) is 0 Å². The van der Waals surface area contributed by atoms with Crippen LogP contribution in [-0.4, -0.2) is 17.0 Å². The van der Waals surface area contributed by atoms with Crippen LogP contribution in [0.5, 0.6) is 0 Å². The molecule has 0 aliphatic heterocycles. The molecule has 0 bridgehead atoms. The fourth-order valence-electron chi connectivity index (χ4n) is 1.68. The van der Waals surface area contributed by atoms with E-state index in [0.29, 0.717) is 18.0 Å². The first kappa shape index (κ1) is 11.9. The average molecular weight is 254 g/mol. The van der Waals surface area contributed by atoms with Gasteiger partial charge < -0.3 is 10.4 Å². The zero-order chi connectivity index (χ0) is 12.4. The zero-order valence-corrected chi connectivity index (χ0v) is 9.78. The normalized spacial score (nSPS) is 21.9. The maximum absolute atomic E-state index is 11.6. The molecule has 17 heavy (non-hydrogen) atoms. The second-order valence-corrected chi connectivity index (χ2v) is 4.57. The standard InChI is InChI=1S/C12H12ClNO3/c13-8-3-1-7(2-4-8)6-14-11(15)9-5-10(9)12(16)17/h1-4,9-10H,5-6H2,(H,14,15)(H,16,17). The highest BCUT2D eigenvalue weighted by atomic mass is 35.5. The molecule has 2 unspecified atom stereocenters. The van der Waals surface area contributed by atoms with E-state index in [4.69, 9.17) is 16.7 Å². The van der Waals surface area contributed by atoms with Crippen LogP contribution in [0, 0.1) is 11.8 Å². The SMILES string of the molecule is O=C(O)C1CC1C(=O)NCc1ccc(Cl)cc1. The molecule has 0 saturated heterocycles. The molecule has 1 amide bonds. The molecule has 1 saturated carbocycles. The summed E-state index contributed by atoms with van der Waals surface area (Å²) >= 11 is 5.74. The first-order valence-corrected chi connectivity index (χ1v) is 5.70. The molecule has 0 spiro atoms. The number of benzene rings is 1. The zero-order valence-electron chi connectivity index (χ0n) is 9.02. The van der Waals surface area contributed by atoms with Crippen molar-refractivity contribution in [3.8, 4) is 0 Å². The van der Waals surface area contributed by atoms with Gasteiger partial charge in [-0.15, -0.1) is 0 Å². The van der Waals surface area contributed by atoms with Crippen LogP contribution in [0.2, 0.25) is 5.02 Å². The van der Waals surface area contributed by atoms with Crippen molar-refractivity contribution in [3.05, 3.63) is 34.9 Å². The number of rotatable bonds is 4. The van der Waals surface area contributed by atoms with Crippen LogP contribution in [0.3, 0.4) is 0 Å². The molecular formula is C12H12ClNO3. The van der Waals surface area contributed by atoms with Crippen LogP contribution in [0.4, 0.5) is 0 Å². The Balaban J connectivity index is 1.81. The Kier molecular flexibility index (Phi) is 3.33. The third-order valence-electron chi connectivity index (χ3n) is 2.82. The van der Waals surface area contributed by atoms with Gasteiger partial charge in [0.25, 0.3) is 0 Å². The van der Waals surface area contributed by atoms with Crippen LogP contribution in [0.1, 0.15) is 12.0 Å². The van der Waals surface area contributed by atoms with Gasteiger partial charge in [-0.3, -0.25) is 9.59 Å². The Hall–Kier alpha value is -1.55. The topological polar surface area (TPSA) is 66.4 Å². The van der Waals surface area contributed by atoms with Gasteiger partial charge in [-0.1, -0.05) is 23.7 Å². The number of carboxylic acids is 1. The van der Waals surface area contributed by atoms with Crippen LogP contribution in [0.15, 0.2) is 24.3 Å². The van der Waals surface area contributed by atoms with Gasteiger partial charge in [0.2, 0.25) is 5.91 Å². The lowest BCUT2D eigenvalue weighted by molar-refractivity contribution is -0.140. The van der Waals surface area contributed by atoms with Gasteiger partial charge in [-0.2, -0.15) is 0 Å². The number of halogens is 1. The van der Waals surface area contributed by atoms with E-state index in [1.807, 2.05) is 12.1 Å². The number of carboxylic acid groups (broad SMARTS) is 1. The van der Waals surface area contributed by atoms with Crippen molar-refractivity contribution in [1.29, 1.82) is 0 Å². The van der Waals surface area contributed by atoms with Crippen molar-refractivity contribution in [1.82, 2.24) is 5.32 Å². The van der Waals surface area contributed by atoms with E-state index in [1.54, 1.807) is 12.1 Å². The smallest absolute Gasteiger partial charge is 0.307 e. The predicted octanol–water partition coefficient (Wildman–Crippen LogP) is 1.68. The highest BCUT2D eigenvalue weighted by Crippen LogP contribution is 2.38. The van der Waals surface area contributed by atoms with Gasteiger partial charge >= 0.3 is 5.97 Å². The molecule has 4 nitrogen and oxygen atoms in total. The maximum Gasteiger partial charge on any atom is 0.307 e. The van der Waals surface area contributed by atoms with Crippen LogP contribution < -0.4 is 5.32 Å². The van der Waals surface area contributed by atoms with E-state index in [9.17, 15) is 9.59 Å². The first-order valence-electron chi connectivity index (χ1n) is 5.33. The molecule has 0 radical (unpaired) electrons. The Morgan fingerprint density at radius 3 is 2.47 bits per heavy atom. The lowest BCUT2D eigenvalue weighted by atomic mass is 10.2. The van der Waals surface area contributed by atoms with Gasteiger partial charge in [0.15, 0.2) is 0 Å². The lowest BCUT2D eigenvalue weighted by Crippen LogP contribution is -2.25. The van der Waals surface area contributed by atoms with Gasteiger partial charge in [0.1, 0.15) is 0 Å². The molecule has 90 valence electrons. The molecule has 0 aromatic heterocycles. The molecule has 5 heteroatoms. The molecule has 1 aromatic carbocycles. The monoisotopic (exact) mass is 253 g/mol. The summed E-state index contributed by atoms with van der Waals surface area (Å²) in [6.07, 6.45) is 0.446. The van der Waals surface area contributed by atoms with Crippen LogP contribution in [-0.2, 0) is 16.1 Å². The minimum Gasteiger partial charge on any atom is -0.481 e. The van der Waals surface area contributed by atoms with E-state index < -0.39 is 11.9 Å². The summed E-state index contributed by atoms with van der Waals surface area (Å²) in [6.45, 7) is 0.402. The molecule has 1 aliphatic rings. The summed E-state index contributed by atoms with van der Waals surface area (Å²) in [6, 6.07) is 7.15. The fraction of sp³-hybridized carbons (Fsp3) is 0.333. The summed E-state index contributed by atoms with van der Waals surface area (Å²) < 4.78 is 0. The number of carbonyl (C=O) groups excluding carboxylic acids is 1. The fourth-order valence-corrected chi connectivity index (χ4v) is 1.81. The van der Waals surface area contributed by atoms with Crippen LogP contribution >= 0.6 is 11.6 Å². The van der Waals surface area contributed by atoms with Crippen molar-refractivity contribution in [2.45, 2.75) is 13.0 Å². The average Bonchev–Trinajstić information content (AvgIpc) is 3.08. The van der Waals surface area contributed by atoms with Crippen molar-refractivity contribution in [2.75, 3.05) is 0 Å². The van der Waals surface area contributed by atoms with E-state index in [2.05, 4.69) is 5.32 Å². The molecule has 1 aromatic rings. The van der Waals surface area contributed by atoms with Gasteiger partial charge in [-0.05, 0) is 24.1 Å². The summed E-state index contributed by atoms with van der Waals surface area (Å²) in [7, 11) is 0. The van der Waals surface area contributed by atoms with Crippen molar-refractivity contribution < 1.29 is 14.7 Å². The van der Waals surface area contributed by atoms with E-state index >= 15 is 0 Å². The van der Waals surface area contributed by atoms with E-state index in [1.165, 1.54) is 0 Å². The summed E-state index contributed by atoms with van der Waals surface area (Å²) in [5.74, 6) is -1.94. The molecule has 0 heterocycles. The van der Waals surface area contributed by atoms with Gasteiger partial charge in [0.05, 0.1) is 11.8 Å². The van der Waals surface area contributed by atoms with Crippen molar-refractivity contribution in [3.63, 3.8) is 0 Å². The largest absolute Gasteiger partial charge is 0.481 e. The minimum atomic E-state index is -0.892. The first-order chi connectivity index (χ1) is 8.08. The number of nitrogens with one attached hydrogen (secondary N) is 1. The molecule has 2 N–H and O–H groups in total. The quantitative estimate of drug-likeness (QED) is 0.858. The Morgan fingerprint density at radius 1 is 1.29 bits per heavy atom. The second-order valence-electron chi connectivity index (χ2n) is 4.13. The number of aliphatic carboxylic acids is 1. The number of hydrogen-bond donors (Lipinski definition) is 2. The molecule has 1 aliphatic carbocycles. The van der Waals surface area contributed by atoms with Gasteiger partial charge in [-0.25, -0.2) is 0 Å². The lowest BCUT2D eigenvalue weighted by Gasteiger charge is -2.04. The highest BCUT2D eigenvalue weighted by Gasteiger charge is 2.48. The Labute approximate surface area is 104 Å². The van der Waals surface area contributed by atoms with Crippen molar-refractivity contribution in [2.24, 2.45) is 11.8 Å². The molecule has 2 atom stereocenters. The Morgan fingerprint density at radius 2 is 1.94 bits per heavy atom. The highest BCUT2D eigenvalue weighted by molar-refractivity contribution is 6.30. The third kappa shape index (κ3) is 2.97. The number of carbonyl (C=O) groups is 2. The second kappa shape index (κ2) is 4.75. The molecular weight excluding hydrogens is 242 g/mol. The van der Waals surface area contributed by atoms with E-state index in [-0.39, 0.29) is 11.8 Å². The predicted molar refractivity (Wildman–Crippen MR) is 62.5 cm³/mol. The van der Waals surface area contributed by atoms with E-state index in [0.717, 1.165) is 5.56 Å². The minimum absolute atomic E-state index is 0.188. The molecule has 2 rings (SSSR count). The van der Waals surface area contributed by atoms with Gasteiger partial charge in [0, 0.05) is 11.6 Å².